The summed E-state index contributed by atoms with van der Waals surface area (Å²) in [5.74, 6) is 0. The molecule has 4 nitrogen and oxygen atoms in total. The molecular formula is C12H24N2O2. The number of nitrogens with zero attached hydrogens (tertiary/aromatic N) is 1. The van der Waals surface area contributed by atoms with E-state index in [1.165, 1.54) is 12.8 Å². The predicted molar refractivity (Wildman–Crippen MR) is 63.4 cm³/mol. The second-order valence-corrected chi connectivity index (χ2v) is 5.07. The van der Waals surface area contributed by atoms with Crippen molar-refractivity contribution < 1.29 is 9.47 Å². The molecular weight excluding hydrogens is 204 g/mol. The lowest BCUT2D eigenvalue weighted by molar-refractivity contribution is -0.0399. The molecule has 3 unspecified atom stereocenters. The highest BCUT2D eigenvalue weighted by Gasteiger charge is 2.33. The molecule has 2 saturated heterocycles. The maximum absolute atomic E-state index is 6.12. The van der Waals surface area contributed by atoms with Crippen LogP contribution in [-0.4, -0.2) is 56.5 Å². The number of hydrogen-bond donors (Lipinski definition) is 1. The zero-order valence-electron chi connectivity index (χ0n) is 10.2. The Morgan fingerprint density at radius 2 is 2.06 bits per heavy atom. The van der Waals surface area contributed by atoms with Crippen LogP contribution in [-0.2, 0) is 9.47 Å². The van der Waals surface area contributed by atoms with Gasteiger partial charge in [-0.2, -0.15) is 0 Å². The van der Waals surface area contributed by atoms with E-state index < -0.39 is 0 Å². The van der Waals surface area contributed by atoms with Gasteiger partial charge in [0.1, 0.15) is 0 Å². The average Bonchev–Trinajstić information content (AvgIpc) is 2.58. The monoisotopic (exact) mass is 228 g/mol. The molecule has 0 aromatic rings. The molecule has 2 fully saturated rings. The summed E-state index contributed by atoms with van der Waals surface area (Å²) in [6.07, 6.45) is 5.55. The maximum Gasteiger partial charge on any atom is 0.0707 e. The first-order valence-electron chi connectivity index (χ1n) is 6.40. The number of hydrogen-bond acceptors (Lipinski definition) is 4. The van der Waals surface area contributed by atoms with Crippen LogP contribution < -0.4 is 5.73 Å². The van der Waals surface area contributed by atoms with Gasteiger partial charge in [0, 0.05) is 39.4 Å². The van der Waals surface area contributed by atoms with E-state index in [2.05, 4.69) is 4.90 Å². The van der Waals surface area contributed by atoms with Crippen LogP contribution in [0.25, 0.3) is 0 Å². The molecule has 0 aromatic heterocycles. The lowest BCUT2D eigenvalue weighted by Gasteiger charge is -2.33. The summed E-state index contributed by atoms with van der Waals surface area (Å²) in [6, 6.07) is 0.285. The molecule has 2 heterocycles. The standard InChI is InChI=1S/C12H24N2O2/c1-15-6-2-3-10(13)7-14-8-11-4-5-12(9-14)16-11/h10-12H,2-9,13H2,1H3. The van der Waals surface area contributed by atoms with Gasteiger partial charge in [-0.1, -0.05) is 0 Å². The molecule has 2 rings (SSSR count). The first-order valence-corrected chi connectivity index (χ1v) is 6.40. The topological polar surface area (TPSA) is 47.7 Å². The fourth-order valence-electron chi connectivity index (χ4n) is 2.76. The van der Waals surface area contributed by atoms with Gasteiger partial charge in [-0.15, -0.1) is 0 Å². The Kier molecular flexibility index (Phi) is 4.58. The van der Waals surface area contributed by atoms with Gasteiger partial charge in [-0.3, -0.25) is 4.90 Å². The van der Waals surface area contributed by atoms with Crippen molar-refractivity contribution >= 4 is 0 Å². The predicted octanol–water partition coefficient (Wildman–Crippen LogP) is 0.604. The van der Waals surface area contributed by atoms with Crippen LogP contribution >= 0.6 is 0 Å². The summed E-state index contributed by atoms with van der Waals surface area (Å²) in [7, 11) is 1.74. The van der Waals surface area contributed by atoms with Crippen molar-refractivity contribution in [2.75, 3.05) is 33.4 Å². The van der Waals surface area contributed by atoms with Gasteiger partial charge >= 0.3 is 0 Å². The zero-order valence-corrected chi connectivity index (χ0v) is 10.2. The van der Waals surface area contributed by atoms with Crippen LogP contribution in [0.5, 0.6) is 0 Å². The summed E-state index contributed by atoms with van der Waals surface area (Å²) in [5.41, 5.74) is 6.12. The number of ether oxygens (including phenoxy) is 2. The molecule has 0 amide bonds. The normalized spacial score (nSPS) is 31.9. The summed E-state index contributed by atoms with van der Waals surface area (Å²) < 4.78 is 10.8. The minimum Gasteiger partial charge on any atom is -0.385 e. The second-order valence-electron chi connectivity index (χ2n) is 5.07. The summed E-state index contributed by atoms with van der Waals surface area (Å²) >= 11 is 0. The molecule has 4 heteroatoms. The molecule has 94 valence electrons. The molecule has 2 aliphatic rings. The van der Waals surface area contributed by atoms with Crippen LogP contribution in [0, 0.1) is 0 Å². The lowest BCUT2D eigenvalue weighted by Crippen LogP contribution is -2.47. The van der Waals surface area contributed by atoms with E-state index in [0.29, 0.717) is 12.2 Å². The molecule has 3 atom stereocenters. The molecule has 0 radical (unpaired) electrons. The van der Waals surface area contributed by atoms with Crippen molar-refractivity contribution in [1.82, 2.24) is 4.90 Å². The molecule has 2 bridgehead atoms. The van der Waals surface area contributed by atoms with Gasteiger partial charge in [-0.05, 0) is 25.7 Å². The lowest BCUT2D eigenvalue weighted by atomic mass is 10.1. The van der Waals surface area contributed by atoms with Crippen LogP contribution in [0.15, 0.2) is 0 Å². The van der Waals surface area contributed by atoms with E-state index in [0.717, 1.165) is 39.1 Å². The third kappa shape index (κ3) is 3.42. The Balaban J connectivity index is 1.65. The average molecular weight is 228 g/mol. The minimum absolute atomic E-state index is 0.285. The van der Waals surface area contributed by atoms with Gasteiger partial charge in [-0.25, -0.2) is 0 Å². The van der Waals surface area contributed by atoms with Crippen LogP contribution in [0.2, 0.25) is 0 Å². The van der Waals surface area contributed by atoms with Crippen molar-refractivity contribution in [2.45, 2.75) is 43.9 Å². The molecule has 16 heavy (non-hydrogen) atoms. The van der Waals surface area contributed by atoms with Gasteiger partial charge in [0.15, 0.2) is 0 Å². The van der Waals surface area contributed by atoms with Crippen LogP contribution in [0.3, 0.4) is 0 Å². The van der Waals surface area contributed by atoms with Crippen molar-refractivity contribution in [3.63, 3.8) is 0 Å². The fourth-order valence-corrected chi connectivity index (χ4v) is 2.76. The summed E-state index contributed by atoms with van der Waals surface area (Å²) in [5, 5.41) is 0. The number of likely N-dealkylation sites (tertiary alicyclic amines) is 1. The van der Waals surface area contributed by atoms with Crippen molar-refractivity contribution in [3.05, 3.63) is 0 Å². The number of morpholine rings is 1. The molecule has 0 spiro atoms. The van der Waals surface area contributed by atoms with E-state index >= 15 is 0 Å². The van der Waals surface area contributed by atoms with E-state index in [-0.39, 0.29) is 6.04 Å². The van der Waals surface area contributed by atoms with Gasteiger partial charge in [0.25, 0.3) is 0 Å². The third-order valence-corrected chi connectivity index (χ3v) is 3.54. The van der Waals surface area contributed by atoms with Crippen molar-refractivity contribution in [2.24, 2.45) is 5.73 Å². The first kappa shape index (κ1) is 12.3. The summed E-state index contributed by atoms with van der Waals surface area (Å²) in [4.78, 5) is 2.48. The number of rotatable bonds is 6. The highest BCUT2D eigenvalue weighted by atomic mass is 16.5. The maximum atomic E-state index is 6.12. The number of nitrogens with two attached hydrogens (primary N) is 1. The molecule has 0 aliphatic carbocycles. The third-order valence-electron chi connectivity index (χ3n) is 3.54. The Labute approximate surface area is 98.1 Å². The smallest absolute Gasteiger partial charge is 0.0707 e. The first-order chi connectivity index (χ1) is 7.78. The Morgan fingerprint density at radius 3 is 2.69 bits per heavy atom. The van der Waals surface area contributed by atoms with E-state index in [4.69, 9.17) is 15.2 Å². The van der Waals surface area contributed by atoms with E-state index in [1.807, 2.05) is 0 Å². The largest absolute Gasteiger partial charge is 0.385 e. The quantitative estimate of drug-likeness (QED) is 0.676. The molecule has 2 N–H and O–H groups in total. The van der Waals surface area contributed by atoms with E-state index in [9.17, 15) is 0 Å². The molecule has 2 aliphatic heterocycles. The van der Waals surface area contributed by atoms with Gasteiger partial charge < -0.3 is 15.2 Å². The second kappa shape index (κ2) is 5.96. The molecule has 0 saturated carbocycles. The highest BCUT2D eigenvalue weighted by molar-refractivity contribution is 4.86. The zero-order chi connectivity index (χ0) is 11.4. The van der Waals surface area contributed by atoms with Crippen LogP contribution in [0.4, 0.5) is 0 Å². The SMILES string of the molecule is COCCCC(N)CN1CC2CCC(C1)O2. The highest BCUT2D eigenvalue weighted by Crippen LogP contribution is 2.26. The van der Waals surface area contributed by atoms with Gasteiger partial charge in [0.2, 0.25) is 0 Å². The Hall–Kier alpha value is -0.160. The van der Waals surface area contributed by atoms with Crippen molar-refractivity contribution in [1.29, 1.82) is 0 Å². The summed E-state index contributed by atoms with van der Waals surface area (Å²) in [6.45, 7) is 3.99. The number of fused-ring (bicyclic) bond motifs is 2. The fraction of sp³-hybridized carbons (Fsp3) is 1.00. The number of methoxy groups -OCH3 is 1. The van der Waals surface area contributed by atoms with Crippen LogP contribution in [0.1, 0.15) is 25.7 Å². The van der Waals surface area contributed by atoms with Gasteiger partial charge in [0.05, 0.1) is 12.2 Å². The Morgan fingerprint density at radius 1 is 1.38 bits per heavy atom. The van der Waals surface area contributed by atoms with Crippen molar-refractivity contribution in [3.8, 4) is 0 Å². The van der Waals surface area contributed by atoms with E-state index in [1.54, 1.807) is 7.11 Å². The minimum atomic E-state index is 0.285. The Bertz CT molecular complexity index is 201. The molecule has 0 aromatic carbocycles.